The lowest BCUT2D eigenvalue weighted by Gasteiger charge is -1.70. The van der Waals surface area contributed by atoms with Gasteiger partial charge in [-0.25, -0.2) is 39.3 Å². The first-order valence-electron chi connectivity index (χ1n) is 30.2. The summed E-state index contributed by atoms with van der Waals surface area (Å²) in [7, 11) is 0. The Morgan fingerprint density at radius 2 is 0.955 bits per heavy atom. The van der Waals surface area contributed by atoms with E-state index in [1.165, 1.54) is 110 Å². The maximum atomic E-state index is 4.58. The molecule has 21 aromatic rings. The van der Waals surface area contributed by atoms with Gasteiger partial charge in [0.05, 0.1) is 49.2 Å². The lowest BCUT2D eigenvalue weighted by Crippen LogP contribution is -1.69. The number of imidazole rings is 1. The van der Waals surface area contributed by atoms with Crippen LogP contribution in [-0.2, 0) is 0 Å². The fourth-order valence-corrected chi connectivity index (χ4v) is 6.03. The van der Waals surface area contributed by atoms with E-state index in [9.17, 15) is 0 Å². The second-order valence-electron chi connectivity index (χ2n) is 15.8. The Balaban J connectivity index is 0.000000578. The Kier molecular flexibility index (Phi) is 75.7. The molecule has 20 aromatic heterocycles. The smallest absolute Gasteiger partial charge is 0.213 e. The van der Waals surface area contributed by atoms with Crippen LogP contribution in [0.1, 0.15) is 0 Å². The van der Waals surface area contributed by atoms with Crippen molar-refractivity contribution >= 4 is 57.1 Å². The summed E-state index contributed by atoms with van der Waals surface area (Å²) in [5, 5.41) is 68.9. The highest BCUT2D eigenvalue weighted by atomic mass is 32.1. The number of benzene rings is 1. The number of aromatic amines is 6. The molecule has 20 heterocycles. The van der Waals surface area contributed by atoms with Crippen molar-refractivity contribution in [3.8, 4) is 0 Å². The Hall–Kier alpha value is -15.3. The van der Waals surface area contributed by atoms with Gasteiger partial charge in [-0.2, -0.15) is 56.7 Å². The first-order chi connectivity index (χ1) is 55.0. The number of hydrogen-bond donors (Lipinski definition) is 6. The first kappa shape index (κ1) is 92.7. The number of aromatic nitrogens is 34. The summed E-state index contributed by atoms with van der Waals surface area (Å²) < 4.78 is 29.4. The summed E-state index contributed by atoms with van der Waals surface area (Å²) in [4.78, 5) is 45.8. The number of rotatable bonds is 0. The maximum absolute atomic E-state index is 4.58. The highest BCUT2D eigenvalue weighted by Crippen LogP contribution is 1.92. The molecule has 0 radical (unpaired) electrons. The number of H-pyrrole nitrogens is 6. The van der Waals surface area contributed by atoms with Crippen LogP contribution < -0.4 is 0 Å². The molecule has 6 N–H and O–H groups in total. The van der Waals surface area contributed by atoms with Crippen LogP contribution in [0.15, 0.2) is 425 Å². The number of hydrogen-bond acceptors (Lipinski definition) is 38. The van der Waals surface area contributed by atoms with Crippen LogP contribution in [-0.4, -0.2) is 171 Å². The monoisotopic (exact) mass is 1580 g/mol. The summed E-state index contributed by atoms with van der Waals surface area (Å²) in [5.41, 5.74) is 6.83. The van der Waals surface area contributed by atoms with Crippen molar-refractivity contribution in [2.45, 2.75) is 0 Å². The highest BCUT2D eigenvalue weighted by molar-refractivity contribution is 7.08. The van der Waals surface area contributed by atoms with Gasteiger partial charge >= 0.3 is 0 Å². The molecule has 44 heteroatoms. The van der Waals surface area contributed by atoms with Crippen molar-refractivity contribution in [3.05, 3.63) is 402 Å². The molecular formula is C66H72N34O5S5. The van der Waals surface area contributed by atoms with Gasteiger partial charge in [0.2, 0.25) is 19.2 Å². The summed E-state index contributed by atoms with van der Waals surface area (Å²) in [5.74, 6) is 0. The number of nitrogens with zero attached hydrogens (tertiary/aromatic N) is 28. The molecule has 566 valence electrons. The van der Waals surface area contributed by atoms with E-state index >= 15 is 0 Å². The number of thiophene rings is 1. The largest absolute Gasteiger partial charge is 0.473 e. The second-order valence-corrected chi connectivity index (χ2v) is 19.4. The molecule has 110 heavy (non-hydrogen) atoms. The van der Waals surface area contributed by atoms with Gasteiger partial charge in [0.15, 0.2) is 19.0 Å². The van der Waals surface area contributed by atoms with Crippen LogP contribution in [0, 0.1) is 0 Å². The number of furan rings is 1. The van der Waals surface area contributed by atoms with Gasteiger partial charge in [-0.3, -0.25) is 30.1 Å². The predicted molar refractivity (Wildman–Crippen MR) is 410 cm³/mol. The third-order valence-electron chi connectivity index (χ3n) is 8.28. The van der Waals surface area contributed by atoms with Crippen LogP contribution in [0.3, 0.4) is 0 Å². The molecule has 0 aliphatic heterocycles. The average Bonchev–Trinajstić information content (AvgIpc) is 4.82. The Morgan fingerprint density at radius 3 is 1.15 bits per heavy atom. The van der Waals surface area contributed by atoms with Crippen molar-refractivity contribution in [1.82, 2.24) is 171 Å². The van der Waals surface area contributed by atoms with Gasteiger partial charge in [-0.15, -0.1) is 53.3 Å². The third kappa shape index (κ3) is 86.9. The zero-order chi connectivity index (χ0) is 77.8. The van der Waals surface area contributed by atoms with Gasteiger partial charge in [0.25, 0.3) is 0 Å². The van der Waals surface area contributed by atoms with Crippen LogP contribution in [0.25, 0.3) is 0 Å². The molecule has 1 aromatic carbocycles. The maximum Gasteiger partial charge on any atom is 0.213 e. The normalized spacial score (nSPS) is 8.00. The van der Waals surface area contributed by atoms with Crippen molar-refractivity contribution < 1.29 is 22.3 Å². The Labute approximate surface area is 648 Å². The van der Waals surface area contributed by atoms with E-state index in [1.807, 2.05) is 149 Å². The van der Waals surface area contributed by atoms with Crippen LogP contribution in [0.2, 0.25) is 0 Å². The van der Waals surface area contributed by atoms with Crippen molar-refractivity contribution in [1.29, 1.82) is 0 Å². The van der Waals surface area contributed by atoms with E-state index in [2.05, 4.69) is 193 Å². The van der Waals surface area contributed by atoms with E-state index in [0.717, 1.165) is 0 Å². The molecule has 0 aliphatic rings. The van der Waals surface area contributed by atoms with Crippen LogP contribution >= 0.6 is 57.1 Å². The third-order valence-corrected chi connectivity index (χ3v) is 10.8. The number of thiazole rings is 1. The second kappa shape index (κ2) is 89.8. The van der Waals surface area contributed by atoms with Crippen molar-refractivity contribution in [3.63, 3.8) is 0 Å². The SMILES string of the molecule is c1c[nH]cn1.c1cc[nH]c1.c1ccccc1.c1ccncc1.c1ccnnc1.c1ccoc1.c1ccsc1.c1cn[nH]c1.c1cn[nH]n1.c1cnccn1.c1cncnc1.c1cnoc1.c1cnsc1.c1cocn1.c1cscn1.c1nc[nH]n1.c1ncon1.c1ncsn1.c1nn[nH]n1.c1nnco1.c1nncs1. The van der Waals surface area contributed by atoms with Crippen LogP contribution in [0.4, 0.5) is 0 Å². The van der Waals surface area contributed by atoms with Gasteiger partial charge in [0, 0.05) is 122 Å². The minimum Gasteiger partial charge on any atom is -0.473 e. The van der Waals surface area contributed by atoms with Gasteiger partial charge in [0.1, 0.15) is 54.4 Å². The fraction of sp³-hybridized carbons (Fsp3) is 0. The fourth-order valence-electron chi connectivity index (χ4n) is 4.33. The van der Waals surface area contributed by atoms with E-state index in [4.69, 9.17) is 0 Å². The molecule has 0 aliphatic carbocycles. The molecular weight excluding hydrogens is 1510 g/mol. The molecule has 0 amide bonds. The minimum absolute atomic E-state index is 1.26. The lowest BCUT2D eigenvalue weighted by atomic mass is 10.4. The van der Waals surface area contributed by atoms with E-state index in [1.54, 1.807) is 200 Å². The molecule has 0 spiro atoms. The minimum atomic E-state index is 1.26. The van der Waals surface area contributed by atoms with Gasteiger partial charge in [-0.05, 0) is 107 Å². The molecule has 0 saturated carbocycles. The summed E-state index contributed by atoms with van der Waals surface area (Å²) in [6, 6.07) is 40.2. The topological polar surface area (TPSA) is 521 Å². The predicted octanol–water partition coefficient (Wildman–Crippen LogP) is 12.7. The average molecular weight is 1580 g/mol. The quantitative estimate of drug-likeness (QED) is 0.0821. The number of tetrazole rings is 1. The molecule has 39 nitrogen and oxygen atoms in total. The number of pyridine rings is 1. The van der Waals surface area contributed by atoms with E-state index in [-0.39, 0.29) is 0 Å². The first-order valence-corrected chi connectivity index (χ1v) is 34.7. The van der Waals surface area contributed by atoms with Gasteiger partial charge in [-0.1, -0.05) is 70.1 Å². The van der Waals surface area contributed by atoms with E-state index < -0.39 is 0 Å². The van der Waals surface area contributed by atoms with Crippen molar-refractivity contribution in [2.24, 2.45) is 0 Å². The van der Waals surface area contributed by atoms with E-state index in [0.29, 0.717) is 0 Å². The summed E-state index contributed by atoms with van der Waals surface area (Å²) in [6.45, 7) is 0. The zero-order valence-corrected chi connectivity index (χ0v) is 61.8. The molecule has 0 unspecified atom stereocenters. The molecule has 21 rings (SSSR count). The lowest BCUT2D eigenvalue weighted by molar-refractivity contribution is 0.416. The molecule has 0 fully saturated rings. The Bertz CT molecular complexity index is 2930. The number of oxazole rings is 1. The molecule has 0 bridgehead atoms. The number of nitrogens with one attached hydrogen (secondary N) is 6. The van der Waals surface area contributed by atoms with Gasteiger partial charge < -0.3 is 32.3 Å². The van der Waals surface area contributed by atoms with Crippen LogP contribution in [0.5, 0.6) is 0 Å². The summed E-state index contributed by atoms with van der Waals surface area (Å²) >= 11 is 7.62. The molecule has 0 atom stereocenters. The molecule has 0 saturated heterocycles. The summed E-state index contributed by atoms with van der Waals surface area (Å²) in [6.07, 6.45) is 59.0. The van der Waals surface area contributed by atoms with Crippen molar-refractivity contribution in [2.75, 3.05) is 0 Å². The highest BCUT2D eigenvalue weighted by Gasteiger charge is 1.69. The zero-order valence-electron chi connectivity index (χ0n) is 57.7. The Morgan fingerprint density at radius 1 is 0.245 bits per heavy atom. The standard InChI is InChI=1S/C6H6.C5H5N.3C4H4N2.C4H5N.C4H4O.C4H4S.2C3H4N2.2C3H3NO.2C3H3NS.2C2H3N3.2C2H2N2O.2C2H2N2S.CH2N4/c2*1-2-4-6-5-3-1;1-2-6-4-3-5-1;1-2-5-4-6-3-1;1-2-4-6-5-3-1;3*1-2-4-5-3-1;1-2-5-3-4-1;1-2-4-5-3-1;1-2-5-3-4-1;1-2-4-5-3-1;1-2-5-3-4-1;1-2-4-5-3-1;1-3-2-5-4-1;1-2-4-5-3-1;1-3-4-2-5-1;1-3-2-5-4-1;1-3-4-2-5-1;1-3-2-5-4-1;1-2-4-5-3-1/h1-6H;1-5H;3*1-4H;1-5H;2*1-4H;2*1-3H,(H,4,5);4*1-3H;2*1-2H,(H,3,4,5);4*1-2H;1H,(H,2,3,4,5).